The summed E-state index contributed by atoms with van der Waals surface area (Å²) in [5.41, 5.74) is 9.05. The topological polar surface area (TPSA) is 82.5 Å². The van der Waals surface area contributed by atoms with E-state index in [1.54, 1.807) is 11.3 Å². The smallest absolute Gasteiger partial charge is 0.238 e. The van der Waals surface area contributed by atoms with E-state index in [0.717, 1.165) is 87.3 Å². The van der Waals surface area contributed by atoms with Gasteiger partial charge in [-0.2, -0.15) is 9.97 Å². The quantitative estimate of drug-likeness (QED) is 0.174. The van der Waals surface area contributed by atoms with Gasteiger partial charge in [-0.15, -0.1) is 11.3 Å². The normalized spacial score (nSPS) is 11.9. The third-order valence-electron chi connectivity index (χ3n) is 10.7. The lowest BCUT2D eigenvalue weighted by Crippen LogP contribution is -2.06. The lowest BCUT2D eigenvalue weighted by atomic mass is 10.1. The molecule has 0 atom stereocenters. The average Bonchev–Trinajstić information content (AvgIpc) is 3.96. The first kappa shape index (κ1) is 31.8. The molecule has 266 valence electrons. The molecular weight excluding hydrogens is 721 g/mol. The minimum atomic E-state index is 0.554. The summed E-state index contributed by atoms with van der Waals surface area (Å²) >= 11 is 1.73. The second-order valence-corrected chi connectivity index (χ2v) is 15.1. The second-order valence-electron chi connectivity index (χ2n) is 14.1. The molecule has 8 heteroatoms. The van der Waals surface area contributed by atoms with Crippen LogP contribution in [0.1, 0.15) is 0 Å². The van der Waals surface area contributed by atoms with Crippen LogP contribution in [0.15, 0.2) is 174 Å². The monoisotopic (exact) mass is 748 g/mol. The maximum absolute atomic E-state index is 6.69. The van der Waals surface area contributed by atoms with Crippen LogP contribution >= 0.6 is 11.3 Å². The molecule has 0 aliphatic rings. The van der Waals surface area contributed by atoms with Crippen molar-refractivity contribution in [1.29, 1.82) is 0 Å². The van der Waals surface area contributed by atoms with E-state index in [9.17, 15) is 0 Å². The van der Waals surface area contributed by atoms with Gasteiger partial charge in [0.1, 0.15) is 11.2 Å². The van der Waals surface area contributed by atoms with Crippen molar-refractivity contribution >= 4 is 75.4 Å². The molecule has 0 aliphatic carbocycles. The number of aromatic nitrogens is 6. The van der Waals surface area contributed by atoms with Crippen molar-refractivity contribution < 1.29 is 4.42 Å². The number of rotatable bonds is 5. The molecule has 57 heavy (non-hydrogen) atoms. The summed E-state index contributed by atoms with van der Waals surface area (Å²) in [6, 6.07) is 58.0. The van der Waals surface area contributed by atoms with Crippen molar-refractivity contribution in [3.8, 4) is 51.4 Å². The van der Waals surface area contributed by atoms with Crippen LogP contribution < -0.4 is 0 Å². The van der Waals surface area contributed by atoms with Crippen LogP contribution in [0.25, 0.3) is 115 Å². The highest BCUT2D eigenvalue weighted by molar-refractivity contribution is 7.26. The van der Waals surface area contributed by atoms with Crippen LogP contribution in [0.3, 0.4) is 0 Å². The zero-order valence-electron chi connectivity index (χ0n) is 30.2. The first-order valence-corrected chi connectivity index (χ1v) is 19.6. The fourth-order valence-electron chi connectivity index (χ4n) is 8.06. The van der Waals surface area contributed by atoms with Crippen molar-refractivity contribution in [2.75, 3.05) is 0 Å². The maximum Gasteiger partial charge on any atom is 0.238 e. The molecule has 0 fully saturated rings. The summed E-state index contributed by atoms with van der Waals surface area (Å²) < 4.78 is 11.1. The molecule has 0 unspecified atom stereocenters. The van der Waals surface area contributed by atoms with Gasteiger partial charge in [0, 0.05) is 48.3 Å². The number of benzene rings is 7. The minimum absolute atomic E-state index is 0.554. The molecule has 0 saturated carbocycles. The van der Waals surface area contributed by atoms with E-state index in [1.807, 2.05) is 54.6 Å². The molecule has 0 radical (unpaired) electrons. The SMILES string of the molecule is c1ccc(-c2nc(-c3ccc4oc5c(-c6nc(-c7ccccc7)c7sc8ccccc8c7n6)cccc5c4c3)nc(-n3c4ccccc4c4ccccc43)n2)cc1. The Kier molecular flexibility index (Phi) is 6.96. The third kappa shape index (κ3) is 5.01. The summed E-state index contributed by atoms with van der Waals surface area (Å²) in [6.45, 7) is 0. The molecule has 7 nitrogen and oxygen atoms in total. The van der Waals surface area contributed by atoms with Crippen molar-refractivity contribution in [3.05, 3.63) is 170 Å². The number of nitrogens with zero attached hydrogens (tertiary/aromatic N) is 6. The van der Waals surface area contributed by atoms with Gasteiger partial charge in [-0.3, -0.25) is 4.57 Å². The van der Waals surface area contributed by atoms with E-state index in [1.165, 1.54) is 4.70 Å². The van der Waals surface area contributed by atoms with Gasteiger partial charge in [-0.1, -0.05) is 127 Å². The average molecular weight is 749 g/mol. The molecule has 0 N–H and O–H groups in total. The van der Waals surface area contributed by atoms with Gasteiger partial charge in [0.05, 0.1) is 32.5 Å². The van der Waals surface area contributed by atoms with Crippen molar-refractivity contribution in [2.45, 2.75) is 0 Å². The summed E-state index contributed by atoms with van der Waals surface area (Å²) in [5, 5.41) is 5.32. The highest BCUT2D eigenvalue weighted by Gasteiger charge is 2.22. The Hall–Kier alpha value is -7.55. The Bertz CT molecular complexity index is 3480. The lowest BCUT2D eigenvalue weighted by molar-refractivity contribution is 0.669. The number of hydrogen-bond acceptors (Lipinski definition) is 7. The first-order chi connectivity index (χ1) is 28.2. The van der Waals surface area contributed by atoms with Gasteiger partial charge in [0.25, 0.3) is 0 Å². The second kappa shape index (κ2) is 12.5. The highest BCUT2D eigenvalue weighted by atomic mass is 32.1. The summed E-state index contributed by atoms with van der Waals surface area (Å²) in [4.78, 5) is 25.8. The summed E-state index contributed by atoms with van der Waals surface area (Å²) in [6.07, 6.45) is 0. The lowest BCUT2D eigenvalue weighted by Gasteiger charge is -2.11. The van der Waals surface area contributed by atoms with Crippen molar-refractivity contribution in [2.24, 2.45) is 0 Å². The molecule has 0 saturated heterocycles. The number of hydrogen-bond donors (Lipinski definition) is 0. The van der Waals surface area contributed by atoms with Crippen LogP contribution in [-0.2, 0) is 0 Å². The van der Waals surface area contributed by atoms with Crippen LogP contribution in [0.2, 0.25) is 0 Å². The number of fused-ring (bicyclic) bond motifs is 9. The summed E-state index contributed by atoms with van der Waals surface area (Å²) in [5.74, 6) is 2.34. The number of para-hydroxylation sites is 3. The van der Waals surface area contributed by atoms with Crippen molar-refractivity contribution in [3.63, 3.8) is 0 Å². The Balaban J connectivity index is 1.06. The van der Waals surface area contributed by atoms with E-state index in [2.05, 4.69) is 120 Å². The van der Waals surface area contributed by atoms with Crippen LogP contribution in [0.4, 0.5) is 0 Å². The van der Waals surface area contributed by atoms with E-state index in [-0.39, 0.29) is 0 Å². The molecule has 12 aromatic rings. The zero-order chi connectivity index (χ0) is 37.5. The van der Waals surface area contributed by atoms with E-state index >= 15 is 0 Å². The zero-order valence-corrected chi connectivity index (χ0v) is 31.0. The van der Waals surface area contributed by atoms with Gasteiger partial charge < -0.3 is 4.42 Å². The minimum Gasteiger partial charge on any atom is -0.455 e. The predicted octanol–water partition coefficient (Wildman–Crippen LogP) is 12.7. The third-order valence-corrected chi connectivity index (χ3v) is 11.9. The number of thiophene rings is 1. The molecule has 5 aromatic heterocycles. The Morgan fingerprint density at radius 2 is 1.07 bits per heavy atom. The fourth-order valence-corrected chi connectivity index (χ4v) is 9.22. The standard InChI is InChI=1S/C49H28N6OS/c1-3-14-29(15-4-1)42-45-43(35-20-9-12-25-41(35)57-45)51-48(50-42)36-22-13-21-34-37-28-31(26-27-40(37)56-44(34)36)47-52-46(30-16-5-2-6-17-30)53-49(54-47)55-38-23-10-7-18-32(38)33-19-8-11-24-39(33)55/h1-28H. The van der Waals surface area contributed by atoms with Gasteiger partial charge in [0.15, 0.2) is 17.5 Å². The Morgan fingerprint density at radius 3 is 1.82 bits per heavy atom. The molecule has 12 rings (SSSR count). The molecule has 7 aromatic carbocycles. The van der Waals surface area contributed by atoms with Gasteiger partial charge in [-0.05, 0) is 42.5 Å². The van der Waals surface area contributed by atoms with Crippen LogP contribution in [-0.4, -0.2) is 29.5 Å². The van der Waals surface area contributed by atoms with Crippen LogP contribution in [0, 0.1) is 0 Å². The van der Waals surface area contributed by atoms with E-state index < -0.39 is 0 Å². The van der Waals surface area contributed by atoms with Crippen LogP contribution in [0.5, 0.6) is 0 Å². The predicted molar refractivity (Wildman–Crippen MR) is 232 cm³/mol. The molecular formula is C49H28N6OS. The van der Waals surface area contributed by atoms with E-state index in [4.69, 9.17) is 29.3 Å². The van der Waals surface area contributed by atoms with Gasteiger partial charge in [-0.25, -0.2) is 15.0 Å². The Labute approximate surface area is 329 Å². The summed E-state index contributed by atoms with van der Waals surface area (Å²) in [7, 11) is 0. The molecule has 0 amide bonds. The maximum atomic E-state index is 6.69. The largest absolute Gasteiger partial charge is 0.455 e. The first-order valence-electron chi connectivity index (χ1n) is 18.8. The highest BCUT2D eigenvalue weighted by Crippen LogP contribution is 2.42. The molecule has 5 heterocycles. The Morgan fingerprint density at radius 1 is 0.439 bits per heavy atom. The molecule has 0 bridgehead atoms. The molecule has 0 aliphatic heterocycles. The van der Waals surface area contributed by atoms with Gasteiger partial charge >= 0.3 is 0 Å². The van der Waals surface area contributed by atoms with E-state index in [0.29, 0.717) is 23.4 Å². The molecule has 0 spiro atoms. The van der Waals surface area contributed by atoms with Crippen molar-refractivity contribution in [1.82, 2.24) is 29.5 Å². The number of furan rings is 1. The van der Waals surface area contributed by atoms with Gasteiger partial charge in [0.2, 0.25) is 5.95 Å². The fraction of sp³-hybridized carbons (Fsp3) is 0.